The van der Waals surface area contributed by atoms with Crippen LogP contribution in [0.5, 0.6) is 0 Å². The minimum absolute atomic E-state index is 0.00123. The van der Waals surface area contributed by atoms with Crippen LogP contribution in [0.1, 0.15) is 29.6 Å². The second-order valence-electron chi connectivity index (χ2n) is 6.28. The van der Waals surface area contributed by atoms with E-state index in [1.165, 1.54) is 12.3 Å². The number of rotatable bonds is 3. The van der Waals surface area contributed by atoms with Gasteiger partial charge in [0.2, 0.25) is 0 Å². The molecule has 0 radical (unpaired) electrons. The fourth-order valence-corrected chi connectivity index (χ4v) is 3.31. The highest BCUT2D eigenvalue weighted by Crippen LogP contribution is 2.24. The van der Waals surface area contributed by atoms with Gasteiger partial charge in [0.05, 0.1) is 23.0 Å². The van der Waals surface area contributed by atoms with Gasteiger partial charge in [0.25, 0.3) is 5.91 Å². The van der Waals surface area contributed by atoms with Crippen molar-refractivity contribution in [1.29, 1.82) is 0 Å². The number of nitro groups is 1. The van der Waals surface area contributed by atoms with E-state index in [1.807, 2.05) is 23.1 Å². The standard InChI is InChI=1S/C18H17N5O3/c24-18(21-9-2-1-3-10-21)14-12-20-22-15(5-4-6-16(14)22)13-7-8-17(19-11-13)23(25)26/h4-8,11-12H,1-3,9-10H2. The largest absolute Gasteiger partial charge is 0.363 e. The van der Waals surface area contributed by atoms with Crippen molar-refractivity contribution in [2.24, 2.45) is 0 Å². The van der Waals surface area contributed by atoms with Crippen molar-refractivity contribution in [2.75, 3.05) is 13.1 Å². The maximum Gasteiger partial charge on any atom is 0.363 e. The van der Waals surface area contributed by atoms with Gasteiger partial charge in [-0.1, -0.05) is 6.07 Å². The molecule has 0 bridgehead atoms. The molecule has 0 aromatic carbocycles. The maximum absolute atomic E-state index is 12.8. The van der Waals surface area contributed by atoms with Crippen LogP contribution in [0.3, 0.4) is 0 Å². The number of carbonyl (C=O) groups excluding carboxylic acids is 1. The first-order chi connectivity index (χ1) is 12.6. The fraction of sp³-hybridized carbons (Fsp3) is 0.278. The molecular formula is C18H17N5O3. The summed E-state index contributed by atoms with van der Waals surface area (Å²) in [5, 5.41) is 15.1. The summed E-state index contributed by atoms with van der Waals surface area (Å²) >= 11 is 0. The highest BCUT2D eigenvalue weighted by Gasteiger charge is 2.22. The number of carbonyl (C=O) groups is 1. The molecule has 132 valence electrons. The molecule has 0 aliphatic carbocycles. The normalized spacial score (nSPS) is 14.5. The van der Waals surface area contributed by atoms with Crippen LogP contribution in [0.15, 0.2) is 42.7 Å². The number of hydrogen-bond acceptors (Lipinski definition) is 5. The zero-order chi connectivity index (χ0) is 18.1. The Balaban J connectivity index is 1.73. The van der Waals surface area contributed by atoms with Crippen molar-refractivity contribution in [3.8, 4) is 11.3 Å². The molecule has 0 unspecified atom stereocenters. The number of likely N-dealkylation sites (tertiary alicyclic amines) is 1. The third kappa shape index (κ3) is 2.79. The van der Waals surface area contributed by atoms with Crippen LogP contribution in [-0.2, 0) is 0 Å². The highest BCUT2D eigenvalue weighted by molar-refractivity contribution is 6.01. The number of fused-ring (bicyclic) bond motifs is 1. The smallest absolute Gasteiger partial charge is 0.358 e. The van der Waals surface area contributed by atoms with Crippen LogP contribution in [0.4, 0.5) is 5.82 Å². The Hall–Kier alpha value is -3.29. The molecular weight excluding hydrogens is 334 g/mol. The number of piperidine rings is 1. The van der Waals surface area contributed by atoms with Gasteiger partial charge in [-0.25, -0.2) is 4.52 Å². The average Bonchev–Trinajstić information content (AvgIpc) is 3.12. The van der Waals surface area contributed by atoms with Crippen molar-refractivity contribution in [3.63, 3.8) is 0 Å². The van der Waals surface area contributed by atoms with Gasteiger partial charge in [-0.05, 0) is 47.4 Å². The lowest BCUT2D eigenvalue weighted by Crippen LogP contribution is -2.35. The summed E-state index contributed by atoms with van der Waals surface area (Å²) in [6.45, 7) is 1.56. The van der Waals surface area contributed by atoms with Crippen LogP contribution in [0.2, 0.25) is 0 Å². The Morgan fingerprint density at radius 3 is 2.58 bits per heavy atom. The predicted molar refractivity (Wildman–Crippen MR) is 94.8 cm³/mol. The molecule has 1 aliphatic heterocycles. The highest BCUT2D eigenvalue weighted by atomic mass is 16.6. The molecule has 3 aromatic rings. The lowest BCUT2D eigenvalue weighted by Gasteiger charge is -2.26. The van der Waals surface area contributed by atoms with E-state index in [9.17, 15) is 14.9 Å². The zero-order valence-corrected chi connectivity index (χ0v) is 14.0. The van der Waals surface area contributed by atoms with E-state index >= 15 is 0 Å². The first-order valence-corrected chi connectivity index (χ1v) is 8.52. The summed E-state index contributed by atoms with van der Waals surface area (Å²) in [4.78, 5) is 28.8. The summed E-state index contributed by atoms with van der Waals surface area (Å²) in [7, 11) is 0. The van der Waals surface area contributed by atoms with Crippen LogP contribution in [0.25, 0.3) is 16.8 Å². The topological polar surface area (TPSA) is 93.6 Å². The maximum atomic E-state index is 12.8. The molecule has 1 saturated heterocycles. The summed E-state index contributed by atoms with van der Waals surface area (Å²) in [6.07, 6.45) is 6.26. The quantitative estimate of drug-likeness (QED) is 0.534. The third-order valence-corrected chi connectivity index (χ3v) is 4.65. The minimum atomic E-state index is -0.534. The Morgan fingerprint density at radius 1 is 1.08 bits per heavy atom. The molecule has 8 nitrogen and oxygen atoms in total. The number of hydrogen-bond donors (Lipinski definition) is 0. The molecule has 4 heterocycles. The molecule has 0 saturated carbocycles. The van der Waals surface area contributed by atoms with Gasteiger partial charge >= 0.3 is 5.82 Å². The van der Waals surface area contributed by atoms with Gasteiger partial charge in [-0.2, -0.15) is 5.10 Å². The lowest BCUT2D eigenvalue weighted by molar-refractivity contribution is -0.389. The van der Waals surface area contributed by atoms with Crippen molar-refractivity contribution in [1.82, 2.24) is 19.5 Å². The van der Waals surface area contributed by atoms with Crippen molar-refractivity contribution < 1.29 is 9.72 Å². The Morgan fingerprint density at radius 2 is 1.88 bits per heavy atom. The first kappa shape index (κ1) is 16.2. The first-order valence-electron chi connectivity index (χ1n) is 8.52. The second kappa shape index (κ2) is 6.55. The van der Waals surface area contributed by atoms with Crippen molar-refractivity contribution in [3.05, 3.63) is 58.4 Å². The lowest BCUT2D eigenvalue weighted by atomic mass is 10.1. The van der Waals surface area contributed by atoms with E-state index in [2.05, 4.69) is 10.1 Å². The summed E-state index contributed by atoms with van der Waals surface area (Å²) in [6, 6.07) is 8.54. The number of nitrogens with zero attached hydrogens (tertiary/aromatic N) is 5. The summed E-state index contributed by atoms with van der Waals surface area (Å²) in [5.74, 6) is -0.207. The molecule has 3 aromatic heterocycles. The van der Waals surface area contributed by atoms with Crippen molar-refractivity contribution in [2.45, 2.75) is 19.3 Å². The molecule has 0 spiro atoms. The number of amides is 1. The second-order valence-corrected chi connectivity index (χ2v) is 6.28. The van der Waals surface area contributed by atoms with Crippen LogP contribution in [0, 0.1) is 10.1 Å². The summed E-state index contributed by atoms with van der Waals surface area (Å²) < 4.78 is 1.68. The van der Waals surface area contributed by atoms with E-state index in [0.29, 0.717) is 11.1 Å². The molecule has 0 N–H and O–H groups in total. The zero-order valence-electron chi connectivity index (χ0n) is 14.0. The van der Waals surface area contributed by atoms with E-state index in [-0.39, 0.29) is 11.7 Å². The van der Waals surface area contributed by atoms with Gasteiger partial charge in [0.15, 0.2) is 0 Å². The van der Waals surface area contributed by atoms with Gasteiger partial charge in [0.1, 0.15) is 6.20 Å². The molecule has 8 heteroatoms. The van der Waals surface area contributed by atoms with Gasteiger partial charge < -0.3 is 15.0 Å². The SMILES string of the molecule is O=C(c1cnn2c(-c3ccc([N+](=O)[O-])nc3)cccc12)N1CCCCC1. The molecule has 4 rings (SSSR count). The number of aromatic nitrogens is 3. The summed E-state index contributed by atoms with van der Waals surface area (Å²) in [5.41, 5.74) is 2.71. The van der Waals surface area contributed by atoms with Crippen LogP contribution >= 0.6 is 0 Å². The Kier molecular flexibility index (Phi) is 4.08. The van der Waals surface area contributed by atoms with E-state index in [0.717, 1.165) is 43.6 Å². The number of pyridine rings is 2. The van der Waals surface area contributed by atoms with E-state index in [4.69, 9.17) is 0 Å². The Bertz CT molecular complexity index is 974. The predicted octanol–water partition coefficient (Wildman–Crippen LogP) is 2.93. The van der Waals surface area contributed by atoms with Gasteiger partial charge in [-0.3, -0.25) is 4.79 Å². The van der Waals surface area contributed by atoms with Crippen molar-refractivity contribution >= 4 is 17.2 Å². The minimum Gasteiger partial charge on any atom is -0.358 e. The van der Waals surface area contributed by atoms with Gasteiger partial charge in [-0.15, -0.1) is 0 Å². The Labute approximate surface area is 149 Å². The van der Waals surface area contributed by atoms with Crippen LogP contribution in [-0.4, -0.2) is 43.4 Å². The van der Waals surface area contributed by atoms with Crippen LogP contribution < -0.4 is 0 Å². The fourth-order valence-electron chi connectivity index (χ4n) is 3.31. The van der Waals surface area contributed by atoms with E-state index < -0.39 is 4.92 Å². The van der Waals surface area contributed by atoms with E-state index in [1.54, 1.807) is 16.8 Å². The average molecular weight is 351 g/mol. The van der Waals surface area contributed by atoms with Gasteiger partial charge in [0, 0.05) is 24.7 Å². The third-order valence-electron chi connectivity index (χ3n) is 4.65. The molecule has 1 aliphatic rings. The molecule has 1 fully saturated rings. The molecule has 26 heavy (non-hydrogen) atoms. The molecule has 0 atom stereocenters. The monoisotopic (exact) mass is 351 g/mol. The molecule has 1 amide bonds.